The van der Waals surface area contributed by atoms with Crippen molar-refractivity contribution in [2.75, 3.05) is 6.61 Å². The number of ether oxygens (including phenoxy) is 1. The minimum Gasteiger partial charge on any atom is -0.478 e. The molecule has 1 amide bonds. The van der Waals surface area contributed by atoms with Gasteiger partial charge in [-0.1, -0.05) is 6.92 Å². The summed E-state index contributed by atoms with van der Waals surface area (Å²) in [7, 11) is 0. The van der Waals surface area contributed by atoms with E-state index in [0.29, 0.717) is 24.0 Å². The van der Waals surface area contributed by atoms with Crippen molar-refractivity contribution in [3.8, 4) is 0 Å². The van der Waals surface area contributed by atoms with Crippen molar-refractivity contribution in [1.29, 1.82) is 0 Å². The van der Waals surface area contributed by atoms with Crippen LogP contribution >= 0.6 is 0 Å². The van der Waals surface area contributed by atoms with E-state index < -0.39 is 12.1 Å². The quantitative estimate of drug-likeness (QED) is 0.858. The SMILES string of the molecule is CCc1nc2ccc(C(=O)O)cc2n1CCOC(N)=O. The van der Waals surface area contributed by atoms with Gasteiger partial charge in [-0.05, 0) is 18.2 Å². The zero-order chi connectivity index (χ0) is 14.7. The lowest BCUT2D eigenvalue weighted by atomic mass is 10.2. The molecule has 0 aliphatic rings. The molecule has 0 spiro atoms. The summed E-state index contributed by atoms with van der Waals surface area (Å²) in [6.45, 7) is 2.45. The number of imidazole rings is 1. The number of carbonyl (C=O) groups excluding carboxylic acids is 1. The number of aromatic nitrogens is 2. The second-order valence-corrected chi connectivity index (χ2v) is 4.21. The lowest BCUT2D eigenvalue weighted by molar-refractivity contribution is 0.0697. The summed E-state index contributed by atoms with van der Waals surface area (Å²) >= 11 is 0. The van der Waals surface area contributed by atoms with Gasteiger partial charge in [-0.3, -0.25) is 0 Å². The second kappa shape index (κ2) is 5.60. The molecule has 0 saturated heterocycles. The van der Waals surface area contributed by atoms with Crippen LogP contribution in [0, 0.1) is 0 Å². The molecule has 0 unspecified atom stereocenters. The summed E-state index contributed by atoms with van der Waals surface area (Å²) in [4.78, 5) is 26.0. The molecule has 0 aliphatic heterocycles. The molecule has 1 aromatic heterocycles. The summed E-state index contributed by atoms with van der Waals surface area (Å²) in [6.07, 6.45) is -0.146. The number of rotatable bonds is 5. The fraction of sp³-hybridized carbons (Fsp3) is 0.308. The predicted molar refractivity (Wildman–Crippen MR) is 71.6 cm³/mol. The Hall–Kier alpha value is -2.57. The van der Waals surface area contributed by atoms with E-state index in [9.17, 15) is 9.59 Å². The van der Waals surface area contributed by atoms with Gasteiger partial charge in [0, 0.05) is 6.42 Å². The van der Waals surface area contributed by atoms with Crippen LogP contribution in [0.3, 0.4) is 0 Å². The molecule has 0 saturated carbocycles. The van der Waals surface area contributed by atoms with Gasteiger partial charge in [-0.15, -0.1) is 0 Å². The fourth-order valence-electron chi connectivity index (χ4n) is 2.06. The molecule has 0 atom stereocenters. The summed E-state index contributed by atoms with van der Waals surface area (Å²) in [5.41, 5.74) is 6.52. The molecule has 0 bridgehead atoms. The molecule has 106 valence electrons. The Kier molecular flexibility index (Phi) is 3.88. The van der Waals surface area contributed by atoms with Gasteiger partial charge >= 0.3 is 12.1 Å². The summed E-state index contributed by atoms with van der Waals surface area (Å²) in [5.74, 6) is -0.193. The number of aromatic carboxylic acids is 1. The van der Waals surface area contributed by atoms with Crippen molar-refractivity contribution in [2.24, 2.45) is 5.73 Å². The van der Waals surface area contributed by atoms with Gasteiger partial charge in [0.25, 0.3) is 0 Å². The largest absolute Gasteiger partial charge is 0.478 e. The molecule has 3 N–H and O–H groups in total. The maximum atomic E-state index is 11.0. The maximum Gasteiger partial charge on any atom is 0.404 e. The van der Waals surface area contributed by atoms with E-state index in [-0.39, 0.29) is 12.2 Å². The predicted octanol–water partition coefficient (Wildman–Crippen LogP) is 1.39. The first-order valence-corrected chi connectivity index (χ1v) is 6.17. The number of nitrogens with zero attached hydrogens (tertiary/aromatic N) is 2. The Bertz CT molecular complexity index is 663. The van der Waals surface area contributed by atoms with Gasteiger partial charge in [-0.2, -0.15) is 0 Å². The molecular formula is C13H15N3O4. The molecular weight excluding hydrogens is 262 g/mol. The zero-order valence-corrected chi connectivity index (χ0v) is 11.0. The highest BCUT2D eigenvalue weighted by molar-refractivity contribution is 5.92. The third kappa shape index (κ3) is 2.71. The van der Waals surface area contributed by atoms with Crippen molar-refractivity contribution in [3.05, 3.63) is 29.6 Å². The number of carbonyl (C=O) groups is 2. The summed E-state index contributed by atoms with van der Waals surface area (Å²) in [6, 6.07) is 4.75. The second-order valence-electron chi connectivity index (χ2n) is 4.21. The number of hydrogen-bond acceptors (Lipinski definition) is 4. The van der Waals surface area contributed by atoms with Gasteiger partial charge in [0.1, 0.15) is 12.4 Å². The molecule has 7 heteroatoms. The fourth-order valence-corrected chi connectivity index (χ4v) is 2.06. The van der Waals surface area contributed by atoms with Gasteiger partial charge in [0.15, 0.2) is 0 Å². The number of nitrogens with two attached hydrogens (primary N) is 1. The average molecular weight is 277 g/mol. The number of carboxylic acid groups (broad SMARTS) is 1. The van der Waals surface area contributed by atoms with Crippen LogP contribution in [0.5, 0.6) is 0 Å². The molecule has 0 radical (unpaired) electrons. The standard InChI is InChI=1S/C13H15N3O4/c1-2-11-15-9-4-3-8(12(17)18)7-10(9)16(11)5-6-20-13(14)19/h3-4,7H,2,5-6H2,1H3,(H2,14,19)(H,17,18). The molecule has 1 aromatic carbocycles. The van der Waals surface area contributed by atoms with Crippen LogP contribution in [0.15, 0.2) is 18.2 Å². The van der Waals surface area contributed by atoms with Crippen molar-refractivity contribution >= 4 is 23.1 Å². The summed E-state index contributed by atoms with van der Waals surface area (Å²) in [5, 5.41) is 9.03. The van der Waals surface area contributed by atoms with Crippen molar-refractivity contribution in [1.82, 2.24) is 9.55 Å². The van der Waals surface area contributed by atoms with Gasteiger partial charge < -0.3 is 20.1 Å². The number of carboxylic acids is 1. The topological polar surface area (TPSA) is 107 Å². The highest BCUT2D eigenvalue weighted by atomic mass is 16.5. The minimum atomic E-state index is -0.994. The molecule has 0 fully saturated rings. The first-order valence-electron chi connectivity index (χ1n) is 6.17. The first-order chi connectivity index (χ1) is 9.52. The molecule has 0 aliphatic carbocycles. The van der Waals surface area contributed by atoms with Gasteiger partial charge in [0.2, 0.25) is 0 Å². The van der Waals surface area contributed by atoms with E-state index in [2.05, 4.69) is 4.98 Å². The first kappa shape index (κ1) is 13.9. The lowest BCUT2D eigenvalue weighted by Crippen LogP contribution is -2.17. The van der Waals surface area contributed by atoms with Crippen LogP contribution in [-0.2, 0) is 17.7 Å². The molecule has 2 aromatic rings. The minimum absolute atomic E-state index is 0.116. The van der Waals surface area contributed by atoms with Crippen LogP contribution in [0.4, 0.5) is 4.79 Å². The van der Waals surface area contributed by atoms with E-state index in [0.717, 1.165) is 5.82 Å². The molecule has 1 heterocycles. The van der Waals surface area contributed by atoms with E-state index in [1.54, 1.807) is 12.1 Å². The average Bonchev–Trinajstić information content (AvgIpc) is 2.75. The van der Waals surface area contributed by atoms with Gasteiger partial charge in [0.05, 0.1) is 23.1 Å². The van der Waals surface area contributed by atoms with Crippen LogP contribution in [0.1, 0.15) is 23.1 Å². The Morgan fingerprint density at radius 2 is 2.20 bits per heavy atom. The number of aryl methyl sites for hydroxylation is 1. The normalized spacial score (nSPS) is 10.7. The molecule has 2 rings (SSSR count). The zero-order valence-electron chi connectivity index (χ0n) is 11.0. The number of fused-ring (bicyclic) bond motifs is 1. The van der Waals surface area contributed by atoms with Crippen molar-refractivity contribution in [3.63, 3.8) is 0 Å². The Morgan fingerprint density at radius 3 is 2.80 bits per heavy atom. The Labute approximate surface area is 115 Å². The van der Waals surface area contributed by atoms with Crippen molar-refractivity contribution in [2.45, 2.75) is 19.9 Å². The molecule has 20 heavy (non-hydrogen) atoms. The van der Waals surface area contributed by atoms with E-state index >= 15 is 0 Å². The number of benzene rings is 1. The van der Waals surface area contributed by atoms with E-state index in [1.165, 1.54) is 6.07 Å². The van der Waals surface area contributed by atoms with Crippen molar-refractivity contribution < 1.29 is 19.4 Å². The number of amides is 1. The third-order valence-electron chi connectivity index (χ3n) is 2.95. The van der Waals surface area contributed by atoms with Crippen LogP contribution < -0.4 is 5.73 Å². The van der Waals surface area contributed by atoms with Crippen LogP contribution in [0.25, 0.3) is 11.0 Å². The van der Waals surface area contributed by atoms with Crippen LogP contribution in [0.2, 0.25) is 0 Å². The maximum absolute atomic E-state index is 11.0. The lowest BCUT2D eigenvalue weighted by Gasteiger charge is -2.08. The van der Waals surface area contributed by atoms with E-state index in [4.69, 9.17) is 15.6 Å². The Morgan fingerprint density at radius 1 is 1.45 bits per heavy atom. The highest BCUT2D eigenvalue weighted by Gasteiger charge is 2.12. The molecule has 7 nitrogen and oxygen atoms in total. The monoisotopic (exact) mass is 277 g/mol. The van der Waals surface area contributed by atoms with Crippen LogP contribution in [-0.4, -0.2) is 33.3 Å². The number of primary amides is 1. The number of hydrogen-bond donors (Lipinski definition) is 2. The smallest absolute Gasteiger partial charge is 0.404 e. The Balaban J connectivity index is 2.40. The highest BCUT2D eigenvalue weighted by Crippen LogP contribution is 2.18. The summed E-state index contributed by atoms with van der Waals surface area (Å²) < 4.78 is 6.55. The van der Waals surface area contributed by atoms with Gasteiger partial charge in [-0.25, -0.2) is 14.6 Å². The van der Waals surface area contributed by atoms with E-state index in [1.807, 2.05) is 11.5 Å². The third-order valence-corrected chi connectivity index (χ3v) is 2.95.